The fraction of sp³-hybridized carbons (Fsp3) is 0.966. The molecule has 2 saturated heterocycles. The summed E-state index contributed by atoms with van der Waals surface area (Å²) in [6.07, 6.45) is 23.4. The fourth-order valence-corrected chi connectivity index (χ4v) is 6.01. The maximum atomic E-state index is 12.9. The zero-order valence-electron chi connectivity index (χ0n) is 22.1. The minimum absolute atomic E-state index is 0.445. The Morgan fingerprint density at radius 1 is 0.719 bits per heavy atom. The summed E-state index contributed by atoms with van der Waals surface area (Å²) in [4.78, 5) is 17.8. The number of likely N-dealkylation sites (tertiary alicyclic amines) is 2. The second-order valence-electron chi connectivity index (χ2n) is 11.3. The molecule has 2 aliphatic heterocycles. The Morgan fingerprint density at radius 3 is 1.88 bits per heavy atom. The van der Waals surface area contributed by atoms with Crippen LogP contribution in [0, 0.1) is 11.3 Å². The smallest absolute Gasteiger partial charge is 0.222 e. The van der Waals surface area contributed by atoms with Gasteiger partial charge in [-0.2, -0.15) is 0 Å². The van der Waals surface area contributed by atoms with E-state index in [1.807, 2.05) is 0 Å². The monoisotopic (exact) mass is 448 g/mol. The predicted octanol–water partition coefficient (Wildman–Crippen LogP) is 7.83. The van der Waals surface area contributed by atoms with Crippen LogP contribution in [-0.4, -0.2) is 48.4 Å². The Bertz CT molecular complexity index is 476. The van der Waals surface area contributed by atoms with E-state index in [4.69, 9.17) is 0 Å². The Balaban J connectivity index is 1.61. The lowest BCUT2D eigenvalue weighted by Gasteiger charge is -2.54. The molecule has 1 unspecified atom stereocenters. The van der Waals surface area contributed by atoms with Gasteiger partial charge < -0.3 is 9.80 Å². The van der Waals surface area contributed by atoms with Gasteiger partial charge in [0, 0.05) is 32.6 Å². The summed E-state index contributed by atoms with van der Waals surface area (Å²) < 4.78 is 0. The van der Waals surface area contributed by atoms with Crippen LogP contribution in [-0.2, 0) is 4.79 Å². The van der Waals surface area contributed by atoms with Gasteiger partial charge in [-0.1, -0.05) is 104 Å². The zero-order chi connectivity index (χ0) is 23.1. The Labute approximate surface area is 201 Å². The first-order valence-electron chi connectivity index (χ1n) is 14.6. The van der Waals surface area contributed by atoms with Gasteiger partial charge in [0.1, 0.15) is 0 Å². The summed E-state index contributed by atoms with van der Waals surface area (Å²) in [5.74, 6) is 1.22. The van der Waals surface area contributed by atoms with E-state index in [0.717, 1.165) is 31.8 Å². The predicted molar refractivity (Wildman–Crippen MR) is 139 cm³/mol. The normalized spacial score (nSPS) is 19.3. The highest BCUT2D eigenvalue weighted by Gasteiger charge is 2.44. The van der Waals surface area contributed by atoms with Gasteiger partial charge in [0.15, 0.2) is 0 Å². The van der Waals surface area contributed by atoms with Crippen molar-refractivity contribution in [2.24, 2.45) is 11.3 Å². The molecule has 0 radical (unpaired) electrons. The molecule has 2 heterocycles. The molecule has 1 atom stereocenters. The number of amides is 1. The average Bonchev–Trinajstić information content (AvgIpc) is 2.78. The number of carbonyl (C=O) groups excluding carboxylic acids is 1. The van der Waals surface area contributed by atoms with E-state index in [0.29, 0.717) is 11.3 Å². The number of carbonyl (C=O) groups is 1. The van der Waals surface area contributed by atoms with E-state index >= 15 is 0 Å². The first kappa shape index (κ1) is 27.7. The second-order valence-corrected chi connectivity index (χ2v) is 11.3. The molecule has 0 N–H and O–H groups in total. The molecule has 0 bridgehead atoms. The summed E-state index contributed by atoms with van der Waals surface area (Å²) in [6.45, 7) is 12.8. The van der Waals surface area contributed by atoms with Crippen LogP contribution in [0.25, 0.3) is 0 Å². The molecule has 0 aliphatic carbocycles. The topological polar surface area (TPSA) is 23.6 Å². The quantitative estimate of drug-likeness (QED) is 0.199. The maximum absolute atomic E-state index is 12.9. The molecular weight excluding hydrogens is 392 g/mol. The zero-order valence-corrected chi connectivity index (χ0v) is 22.1. The summed E-state index contributed by atoms with van der Waals surface area (Å²) in [5, 5.41) is 0. The summed E-state index contributed by atoms with van der Waals surface area (Å²) >= 11 is 0. The van der Waals surface area contributed by atoms with Crippen LogP contribution in [0.3, 0.4) is 0 Å². The van der Waals surface area contributed by atoms with E-state index in [1.54, 1.807) is 0 Å². The first-order chi connectivity index (χ1) is 15.6. The van der Waals surface area contributed by atoms with Crippen molar-refractivity contribution in [3.63, 3.8) is 0 Å². The van der Waals surface area contributed by atoms with Crippen LogP contribution in [0.1, 0.15) is 136 Å². The molecule has 0 aromatic rings. The van der Waals surface area contributed by atoms with Crippen molar-refractivity contribution in [2.45, 2.75) is 136 Å². The summed E-state index contributed by atoms with van der Waals surface area (Å²) in [7, 11) is 0. The van der Waals surface area contributed by atoms with Crippen molar-refractivity contribution < 1.29 is 4.79 Å². The molecule has 2 fully saturated rings. The second kappa shape index (κ2) is 16.1. The van der Waals surface area contributed by atoms with E-state index in [1.165, 1.54) is 122 Å². The minimum atomic E-state index is 0.445. The van der Waals surface area contributed by atoms with Gasteiger partial charge in [0.25, 0.3) is 0 Å². The number of hydrogen-bond donors (Lipinski definition) is 0. The Morgan fingerprint density at radius 2 is 1.25 bits per heavy atom. The molecular formula is C29H56N2O. The lowest BCUT2D eigenvalue weighted by molar-refractivity contribution is -0.136. The molecule has 2 aliphatic rings. The molecule has 3 nitrogen and oxygen atoms in total. The van der Waals surface area contributed by atoms with Crippen molar-refractivity contribution in [3.8, 4) is 0 Å². The van der Waals surface area contributed by atoms with Crippen molar-refractivity contribution in [1.29, 1.82) is 0 Å². The van der Waals surface area contributed by atoms with Crippen molar-refractivity contribution >= 4 is 5.91 Å². The molecule has 32 heavy (non-hydrogen) atoms. The Hall–Kier alpha value is -0.570. The van der Waals surface area contributed by atoms with E-state index in [9.17, 15) is 4.79 Å². The van der Waals surface area contributed by atoms with Crippen molar-refractivity contribution in [1.82, 2.24) is 9.80 Å². The maximum Gasteiger partial charge on any atom is 0.222 e. The van der Waals surface area contributed by atoms with E-state index < -0.39 is 0 Å². The van der Waals surface area contributed by atoms with E-state index in [2.05, 4.69) is 30.6 Å². The lowest BCUT2D eigenvalue weighted by atomic mass is 9.72. The molecule has 0 saturated carbocycles. The first-order valence-corrected chi connectivity index (χ1v) is 14.6. The van der Waals surface area contributed by atoms with Crippen LogP contribution < -0.4 is 0 Å². The van der Waals surface area contributed by atoms with Gasteiger partial charge in [0.2, 0.25) is 5.91 Å². The van der Waals surface area contributed by atoms with Gasteiger partial charge >= 0.3 is 0 Å². The SMILES string of the molecule is CCCCCCCN1CC2(CCN(C(=O)CCC(CCCCC)CCCCCC)CC2)C1. The van der Waals surface area contributed by atoms with Crippen LogP contribution >= 0.6 is 0 Å². The fourth-order valence-electron chi connectivity index (χ4n) is 6.01. The van der Waals surface area contributed by atoms with Crippen molar-refractivity contribution in [2.75, 3.05) is 32.7 Å². The number of nitrogens with zero attached hydrogens (tertiary/aromatic N) is 2. The highest BCUT2D eigenvalue weighted by molar-refractivity contribution is 5.76. The Kier molecular flexibility index (Phi) is 13.9. The number of hydrogen-bond acceptors (Lipinski definition) is 2. The third-order valence-electron chi connectivity index (χ3n) is 8.32. The molecule has 3 heteroatoms. The van der Waals surface area contributed by atoms with Gasteiger partial charge in [-0.15, -0.1) is 0 Å². The van der Waals surface area contributed by atoms with Crippen molar-refractivity contribution in [3.05, 3.63) is 0 Å². The lowest BCUT2D eigenvalue weighted by Crippen LogP contribution is -2.60. The number of piperidine rings is 1. The van der Waals surface area contributed by atoms with Crippen LogP contribution in [0.5, 0.6) is 0 Å². The van der Waals surface area contributed by atoms with Crippen LogP contribution in [0.15, 0.2) is 0 Å². The largest absolute Gasteiger partial charge is 0.343 e. The van der Waals surface area contributed by atoms with Gasteiger partial charge in [-0.05, 0) is 43.6 Å². The molecule has 0 aromatic carbocycles. The summed E-state index contributed by atoms with van der Waals surface area (Å²) in [5.41, 5.74) is 0.544. The van der Waals surface area contributed by atoms with E-state index in [-0.39, 0.29) is 0 Å². The summed E-state index contributed by atoms with van der Waals surface area (Å²) in [6, 6.07) is 0. The molecule has 2 rings (SSSR count). The highest BCUT2D eigenvalue weighted by Crippen LogP contribution is 2.40. The van der Waals surface area contributed by atoms with Gasteiger partial charge in [-0.25, -0.2) is 0 Å². The van der Waals surface area contributed by atoms with Crippen LogP contribution in [0.4, 0.5) is 0 Å². The van der Waals surface area contributed by atoms with Crippen LogP contribution in [0.2, 0.25) is 0 Å². The number of rotatable bonds is 18. The molecule has 0 aromatic heterocycles. The molecule has 1 spiro atoms. The highest BCUT2D eigenvalue weighted by atomic mass is 16.2. The van der Waals surface area contributed by atoms with Gasteiger partial charge in [0.05, 0.1) is 0 Å². The minimum Gasteiger partial charge on any atom is -0.343 e. The molecule has 1 amide bonds. The third-order valence-corrected chi connectivity index (χ3v) is 8.32. The van der Waals surface area contributed by atoms with Gasteiger partial charge in [-0.3, -0.25) is 4.79 Å². The average molecular weight is 449 g/mol. The standard InChI is InChI=1S/C29H56N2O/c1-4-7-10-12-15-22-30-25-29(26-30)20-23-31(24-21-29)28(32)19-18-27(16-13-9-6-3)17-14-11-8-5-2/h27H,4-26H2,1-3H3. The third kappa shape index (κ3) is 10.1. The molecule has 188 valence electrons. The number of unbranched alkanes of at least 4 members (excludes halogenated alkanes) is 9.